The second-order valence-corrected chi connectivity index (χ2v) is 3.00. The van der Waals surface area contributed by atoms with Gasteiger partial charge in [0, 0.05) is 10.7 Å². The molecule has 1 rings (SSSR count). The van der Waals surface area contributed by atoms with Gasteiger partial charge < -0.3 is 4.98 Å². The lowest BCUT2D eigenvalue weighted by Gasteiger charge is -1.95. The Morgan fingerprint density at radius 2 is 2.45 bits per heavy atom. The van der Waals surface area contributed by atoms with E-state index in [0.717, 1.165) is 15.7 Å². The topological polar surface area (TPSA) is 15.8 Å². The van der Waals surface area contributed by atoms with Crippen molar-refractivity contribution in [2.45, 2.75) is 6.92 Å². The van der Waals surface area contributed by atoms with E-state index < -0.39 is 0 Å². The van der Waals surface area contributed by atoms with E-state index in [2.05, 4.69) is 27.5 Å². The SMILES string of the molecule is C=Cc1cc[nH]c1/C(Br)=C\C. The van der Waals surface area contributed by atoms with Gasteiger partial charge in [-0.1, -0.05) is 18.7 Å². The van der Waals surface area contributed by atoms with E-state index >= 15 is 0 Å². The first kappa shape index (κ1) is 8.34. The van der Waals surface area contributed by atoms with Gasteiger partial charge in [-0.3, -0.25) is 0 Å². The molecule has 58 valence electrons. The van der Waals surface area contributed by atoms with Gasteiger partial charge in [-0.25, -0.2) is 0 Å². The van der Waals surface area contributed by atoms with Gasteiger partial charge in [-0.15, -0.1) is 0 Å². The molecule has 0 atom stereocenters. The van der Waals surface area contributed by atoms with Crippen LogP contribution in [0.2, 0.25) is 0 Å². The number of H-pyrrole nitrogens is 1. The fourth-order valence-corrected chi connectivity index (χ4v) is 1.25. The third-order valence-corrected chi connectivity index (χ3v) is 2.35. The quantitative estimate of drug-likeness (QED) is 0.773. The van der Waals surface area contributed by atoms with E-state index in [1.165, 1.54) is 0 Å². The molecular formula is C9H10BrN. The average molecular weight is 212 g/mol. The summed E-state index contributed by atoms with van der Waals surface area (Å²) in [5.74, 6) is 0. The summed E-state index contributed by atoms with van der Waals surface area (Å²) >= 11 is 3.44. The lowest BCUT2D eigenvalue weighted by atomic mass is 10.2. The van der Waals surface area contributed by atoms with Gasteiger partial charge in [0.25, 0.3) is 0 Å². The third kappa shape index (κ3) is 1.63. The van der Waals surface area contributed by atoms with Crippen molar-refractivity contribution in [2.24, 2.45) is 0 Å². The van der Waals surface area contributed by atoms with Crippen molar-refractivity contribution in [2.75, 3.05) is 0 Å². The third-order valence-electron chi connectivity index (χ3n) is 1.49. The molecule has 0 unspecified atom stereocenters. The van der Waals surface area contributed by atoms with Crippen LogP contribution in [0.4, 0.5) is 0 Å². The van der Waals surface area contributed by atoms with Crippen molar-refractivity contribution in [1.82, 2.24) is 4.98 Å². The maximum atomic E-state index is 3.71. The number of hydrogen-bond donors (Lipinski definition) is 1. The lowest BCUT2D eigenvalue weighted by Crippen LogP contribution is -1.78. The Morgan fingerprint density at radius 1 is 1.73 bits per heavy atom. The van der Waals surface area contributed by atoms with E-state index in [-0.39, 0.29) is 0 Å². The van der Waals surface area contributed by atoms with Crippen LogP contribution in [-0.4, -0.2) is 4.98 Å². The summed E-state index contributed by atoms with van der Waals surface area (Å²) in [6.45, 7) is 5.70. The van der Waals surface area contributed by atoms with Crippen molar-refractivity contribution < 1.29 is 0 Å². The van der Waals surface area contributed by atoms with Crippen molar-refractivity contribution in [3.8, 4) is 0 Å². The Bertz CT molecular complexity index is 284. The van der Waals surface area contributed by atoms with Crippen molar-refractivity contribution in [3.63, 3.8) is 0 Å². The van der Waals surface area contributed by atoms with Crippen LogP contribution in [0.3, 0.4) is 0 Å². The first-order chi connectivity index (χ1) is 5.29. The summed E-state index contributed by atoms with van der Waals surface area (Å²) < 4.78 is 1.07. The molecule has 0 aliphatic rings. The minimum atomic E-state index is 1.07. The zero-order valence-corrected chi connectivity index (χ0v) is 7.98. The normalized spacial score (nSPS) is 11.6. The first-order valence-corrected chi connectivity index (χ1v) is 4.21. The number of aromatic amines is 1. The van der Waals surface area contributed by atoms with Crippen LogP contribution >= 0.6 is 15.9 Å². The molecule has 0 radical (unpaired) electrons. The summed E-state index contributed by atoms with van der Waals surface area (Å²) in [4.78, 5) is 3.12. The van der Waals surface area contributed by atoms with Crippen LogP contribution in [0.25, 0.3) is 10.6 Å². The summed E-state index contributed by atoms with van der Waals surface area (Å²) in [5.41, 5.74) is 2.21. The summed E-state index contributed by atoms with van der Waals surface area (Å²) in [7, 11) is 0. The molecule has 0 bridgehead atoms. The molecule has 0 aromatic carbocycles. The highest BCUT2D eigenvalue weighted by atomic mass is 79.9. The average Bonchev–Trinajstić information content (AvgIpc) is 2.50. The van der Waals surface area contributed by atoms with Crippen LogP contribution in [0.15, 0.2) is 24.9 Å². The van der Waals surface area contributed by atoms with Crippen LogP contribution < -0.4 is 0 Å². The van der Waals surface area contributed by atoms with E-state index in [0.29, 0.717) is 0 Å². The number of nitrogens with one attached hydrogen (secondary N) is 1. The van der Waals surface area contributed by atoms with Crippen molar-refractivity contribution in [3.05, 3.63) is 36.2 Å². The van der Waals surface area contributed by atoms with E-state index in [1.54, 1.807) is 0 Å². The summed E-state index contributed by atoms with van der Waals surface area (Å²) in [5, 5.41) is 0. The monoisotopic (exact) mass is 211 g/mol. The number of allylic oxidation sites excluding steroid dienone is 1. The highest BCUT2D eigenvalue weighted by Crippen LogP contribution is 2.23. The van der Waals surface area contributed by atoms with Crippen LogP contribution in [0, 0.1) is 0 Å². The Balaban J connectivity index is 3.12. The van der Waals surface area contributed by atoms with E-state index in [9.17, 15) is 0 Å². The van der Waals surface area contributed by atoms with Gasteiger partial charge in [-0.2, -0.15) is 0 Å². The van der Waals surface area contributed by atoms with Gasteiger partial charge in [0.2, 0.25) is 0 Å². The molecule has 0 saturated heterocycles. The van der Waals surface area contributed by atoms with Gasteiger partial charge in [-0.05, 0) is 34.5 Å². The molecule has 1 aromatic rings. The Morgan fingerprint density at radius 3 is 3.00 bits per heavy atom. The Labute approximate surface area is 75.0 Å². The highest BCUT2D eigenvalue weighted by molar-refractivity contribution is 9.15. The fraction of sp³-hybridized carbons (Fsp3) is 0.111. The highest BCUT2D eigenvalue weighted by Gasteiger charge is 2.01. The molecule has 1 aromatic heterocycles. The minimum absolute atomic E-state index is 1.07. The molecule has 0 amide bonds. The molecule has 2 heteroatoms. The van der Waals surface area contributed by atoms with Gasteiger partial charge >= 0.3 is 0 Å². The smallest absolute Gasteiger partial charge is 0.0594 e. The maximum absolute atomic E-state index is 3.71. The van der Waals surface area contributed by atoms with Gasteiger partial charge in [0.1, 0.15) is 0 Å². The van der Waals surface area contributed by atoms with Gasteiger partial charge in [0.05, 0.1) is 5.69 Å². The van der Waals surface area contributed by atoms with Crippen LogP contribution in [0.5, 0.6) is 0 Å². The molecule has 0 aliphatic carbocycles. The van der Waals surface area contributed by atoms with Gasteiger partial charge in [0.15, 0.2) is 0 Å². The molecule has 0 saturated carbocycles. The van der Waals surface area contributed by atoms with Crippen molar-refractivity contribution >= 4 is 26.5 Å². The summed E-state index contributed by atoms with van der Waals surface area (Å²) in [6.07, 6.45) is 5.73. The predicted octanol–water partition coefficient (Wildman–Crippen LogP) is 3.41. The lowest BCUT2D eigenvalue weighted by molar-refractivity contribution is 1.36. The van der Waals surface area contributed by atoms with E-state index in [4.69, 9.17) is 0 Å². The Kier molecular flexibility index (Phi) is 2.71. The molecule has 1 heterocycles. The number of rotatable bonds is 2. The maximum Gasteiger partial charge on any atom is 0.0594 e. The zero-order chi connectivity index (χ0) is 8.27. The molecule has 1 N–H and O–H groups in total. The first-order valence-electron chi connectivity index (χ1n) is 3.41. The Hall–Kier alpha value is -0.760. The molecule has 0 spiro atoms. The largest absolute Gasteiger partial charge is 0.360 e. The predicted molar refractivity (Wildman–Crippen MR) is 53.5 cm³/mol. The molecule has 11 heavy (non-hydrogen) atoms. The standard InChI is InChI=1S/C9H10BrN/c1-3-7-5-6-11-9(7)8(10)4-2/h3-6,11H,1H2,2H3/b8-4+. The number of aromatic nitrogens is 1. The minimum Gasteiger partial charge on any atom is -0.360 e. The second-order valence-electron chi connectivity index (χ2n) is 2.15. The number of halogens is 1. The van der Waals surface area contributed by atoms with Crippen molar-refractivity contribution in [1.29, 1.82) is 0 Å². The molecule has 0 fully saturated rings. The fourth-order valence-electron chi connectivity index (χ4n) is 0.903. The van der Waals surface area contributed by atoms with E-state index in [1.807, 2.05) is 31.3 Å². The summed E-state index contributed by atoms with van der Waals surface area (Å²) in [6, 6.07) is 1.99. The number of hydrogen-bond acceptors (Lipinski definition) is 0. The zero-order valence-electron chi connectivity index (χ0n) is 6.39. The second kappa shape index (κ2) is 3.58. The van der Waals surface area contributed by atoms with Crippen LogP contribution in [0.1, 0.15) is 18.2 Å². The molecular weight excluding hydrogens is 202 g/mol. The molecule has 1 nitrogen and oxygen atoms in total. The van der Waals surface area contributed by atoms with Crippen LogP contribution in [-0.2, 0) is 0 Å². The molecule has 0 aliphatic heterocycles.